The lowest BCUT2D eigenvalue weighted by Gasteiger charge is -2.26. The highest BCUT2D eigenvalue weighted by atomic mass is 16.5. The predicted octanol–water partition coefficient (Wildman–Crippen LogP) is 2.95. The zero-order chi connectivity index (χ0) is 16.1. The molecule has 0 spiro atoms. The van der Waals surface area contributed by atoms with Gasteiger partial charge >= 0.3 is 0 Å². The highest BCUT2D eigenvalue weighted by Gasteiger charge is 2.27. The summed E-state index contributed by atoms with van der Waals surface area (Å²) in [4.78, 5) is 24.0. The lowest BCUT2D eigenvalue weighted by Crippen LogP contribution is -2.44. The SMILES string of the molecule is CC(C)[C@@H](CC(=O)C(C)(C)C)NC(=O)COC(C)(C)C. The number of nitrogens with one attached hydrogen (secondary N) is 1. The predicted molar refractivity (Wildman–Crippen MR) is 81.6 cm³/mol. The summed E-state index contributed by atoms with van der Waals surface area (Å²) in [5, 5.41) is 2.91. The molecular formula is C16H31NO3. The second-order valence-corrected chi connectivity index (χ2v) is 7.70. The van der Waals surface area contributed by atoms with Crippen LogP contribution in [0.3, 0.4) is 0 Å². The van der Waals surface area contributed by atoms with E-state index < -0.39 is 0 Å². The zero-order valence-electron chi connectivity index (χ0n) is 14.3. The number of amides is 1. The number of ketones is 1. The topological polar surface area (TPSA) is 55.4 Å². The molecule has 0 aromatic carbocycles. The van der Waals surface area contributed by atoms with Gasteiger partial charge < -0.3 is 10.1 Å². The normalized spacial score (nSPS) is 14.2. The maximum atomic E-state index is 12.1. The van der Waals surface area contributed by atoms with Gasteiger partial charge in [0.25, 0.3) is 0 Å². The number of Topliss-reactive ketones (excluding diaryl/α,β-unsaturated/α-hetero) is 1. The Morgan fingerprint density at radius 3 is 1.90 bits per heavy atom. The summed E-state index contributed by atoms with van der Waals surface area (Å²) < 4.78 is 5.45. The minimum atomic E-state index is -0.375. The van der Waals surface area contributed by atoms with Crippen LogP contribution in [0.2, 0.25) is 0 Å². The van der Waals surface area contributed by atoms with E-state index in [-0.39, 0.29) is 41.3 Å². The standard InChI is InChI=1S/C16H31NO3/c1-11(2)12(9-13(18)15(3,4)5)17-14(19)10-20-16(6,7)8/h11-12H,9-10H2,1-8H3,(H,17,19)/t12-/m1/s1. The molecule has 0 saturated carbocycles. The Labute approximate surface area is 123 Å². The first-order chi connectivity index (χ1) is 8.83. The lowest BCUT2D eigenvalue weighted by atomic mass is 9.85. The van der Waals surface area contributed by atoms with Crippen molar-refractivity contribution in [2.24, 2.45) is 11.3 Å². The smallest absolute Gasteiger partial charge is 0.246 e. The van der Waals surface area contributed by atoms with E-state index in [2.05, 4.69) is 5.32 Å². The molecule has 0 unspecified atom stereocenters. The molecular weight excluding hydrogens is 254 g/mol. The van der Waals surface area contributed by atoms with Gasteiger partial charge in [0.2, 0.25) is 5.91 Å². The number of ether oxygens (including phenoxy) is 1. The van der Waals surface area contributed by atoms with E-state index in [4.69, 9.17) is 4.74 Å². The maximum Gasteiger partial charge on any atom is 0.246 e. The molecule has 0 fully saturated rings. The molecule has 4 nitrogen and oxygen atoms in total. The number of carbonyl (C=O) groups is 2. The van der Waals surface area contributed by atoms with Gasteiger partial charge in [-0.1, -0.05) is 34.6 Å². The molecule has 0 heterocycles. The summed E-state index contributed by atoms with van der Waals surface area (Å²) in [5.74, 6) is 0.202. The molecule has 1 amide bonds. The second-order valence-electron chi connectivity index (χ2n) is 7.70. The molecule has 0 aliphatic rings. The molecule has 1 atom stereocenters. The molecule has 0 aromatic rings. The fourth-order valence-corrected chi connectivity index (χ4v) is 1.49. The Bertz CT molecular complexity index is 335. The number of carbonyl (C=O) groups excluding carboxylic acids is 2. The van der Waals surface area contributed by atoms with Crippen LogP contribution in [0, 0.1) is 11.3 Å². The molecule has 0 aromatic heterocycles. The van der Waals surface area contributed by atoms with E-state index in [9.17, 15) is 9.59 Å². The van der Waals surface area contributed by atoms with Gasteiger partial charge in [-0.05, 0) is 26.7 Å². The molecule has 0 aliphatic carbocycles. The third-order valence-electron chi connectivity index (χ3n) is 3.03. The summed E-state index contributed by atoms with van der Waals surface area (Å²) in [5.41, 5.74) is -0.717. The van der Waals surface area contributed by atoms with E-state index in [1.165, 1.54) is 0 Å². The Balaban J connectivity index is 4.49. The number of hydrogen-bond donors (Lipinski definition) is 1. The second kappa shape index (κ2) is 7.21. The third-order valence-corrected chi connectivity index (χ3v) is 3.03. The van der Waals surface area contributed by atoms with E-state index in [0.29, 0.717) is 6.42 Å². The highest BCUT2D eigenvalue weighted by molar-refractivity contribution is 5.85. The van der Waals surface area contributed by atoms with E-state index in [0.717, 1.165) is 0 Å². The summed E-state index contributed by atoms with van der Waals surface area (Å²) in [6.45, 7) is 15.5. The van der Waals surface area contributed by atoms with Crippen molar-refractivity contribution >= 4 is 11.7 Å². The fourth-order valence-electron chi connectivity index (χ4n) is 1.49. The van der Waals surface area contributed by atoms with Gasteiger partial charge in [0.05, 0.1) is 5.60 Å². The van der Waals surface area contributed by atoms with Crippen LogP contribution in [0.25, 0.3) is 0 Å². The van der Waals surface area contributed by atoms with Gasteiger partial charge in [0.1, 0.15) is 12.4 Å². The van der Waals surface area contributed by atoms with Crippen LogP contribution in [-0.4, -0.2) is 29.9 Å². The van der Waals surface area contributed by atoms with Crippen LogP contribution in [0.1, 0.15) is 61.8 Å². The van der Waals surface area contributed by atoms with Crippen molar-refractivity contribution in [1.29, 1.82) is 0 Å². The maximum absolute atomic E-state index is 12.1. The Morgan fingerprint density at radius 1 is 1.05 bits per heavy atom. The van der Waals surface area contributed by atoms with E-state index >= 15 is 0 Å². The molecule has 0 bridgehead atoms. The molecule has 0 saturated heterocycles. The zero-order valence-corrected chi connectivity index (χ0v) is 14.3. The Kier molecular flexibility index (Phi) is 6.88. The van der Waals surface area contributed by atoms with Gasteiger partial charge in [-0.3, -0.25) is 9.59 Å². The molecule has 4 heteroatoms. The van der Waals surface area contributed by atoms with Crippen LogP contribution in [0.5, 0.6) is 0 Å². The van der Waals surface area contributed by atoms with Crippen molar-refractivity contribution < 1.29 is 14.3 Å². The summed E-state index contributed by atoms with van der Waals surface area (Å²) >= 11 is 0. The molecule has 1 N–H and O–H groups in total. The van der Waals surface area contributed by atoms with E-state index in [1.807, 2.05) is 55.4 Å². The van der Waals surface area contributed by atoms with Crippen LogP contribution >= 0.6 is 0 Å². The fraction of sp³-hybridized carbons (Fsp3) is 0.875. The van der Waals surface area contributed by atoms with Gasteiger partial charge in [0.15, 0.2) is 0 Å². The van der Waals surface area contributed by atoms with Crippen molar-refractivity contribution in [3.63, 3.8) is 0 Å². The first-order valence-corrected chi connectivity index (χ1v) is 7.29. The molecule has 20 heavy (non-hydrogen) atoms. The van der Waals surface area contributed by atoms with E-state index in [1.54, 1.807) is 0 Å². The summed E-state index contributed by atoms with van der Waals surface area (Å²) in [6, 6.07) is -0.141. The minimum Gasteiger partial charge on any atom is -0.366 e. The van der Waals surface area contributed by atoms with Crippen molar-refractivity contribution in [1.82, 2.24) is 5.32 Å². The quantitative estimate of drug-likeness (QED) is 0.816. The minimum absolute atomic E-state index is 0.0242. The van der Waals surface area contributed by atoms with Gasteiger partial charge in [-0.15, -0.1) is 0 Å². The first kappa shape index (κ1) is 19.1. The molecule has 118 valence electrons. The van der Waals surface area contributed by atoms with Crippen LogP contribution in [-0.2, 0) is 14.3 Å². The van der Waals surface area contributed by atoms with Crippen molar-refractivity contribution in [2.45, 2.75) is 73.5 Å². The number of rotatable bonds is 6. The Hall–Kier alpha value is -0.900. The summed E-state index contributed by atoms with van der Waals surface area (Å²) in [7, 11) is 0. The largest absolute Gasteiger partial charge is 0.366 e. The van der Waals surface area contributed by atoms with Gasteiger partial charge in [-0.2, -0.15) is 0 Å². The van der Waals surface area contributed by atoms with Crippen molar-refractivity contribution in [3.8, 4) is 0 Å². The molecule has 0 radical (unpaired) electrons. The summed E-state index contributed by atoms with van der Waals surface area (Å²) in [6.07, 6.45) is 0.364. The van der Waals surface area contributed by atoms with Gasteiger partial charge in [-0.25, -0.2) is 0 Å². The highest BCUT2D eigenvalue weighted by Crippen LogP contribution is 2.20. The van der Waals surface area contributed by atoms with Crippen LogP contribution in [0.15, 0.2) is 0 Å². The monoisotopic (exact) mass is 285 g/mol. The average molecular weight is 285 g/mol. The molecule has 0 aliphatic heterocycles. The number of hydrogen-bond acceptors (Lipinski definition) is 3. The van der Waals surface area contributed by atoms with Crippen molar-refractivity contribution in [2.75, 3.05) is 6.61 Å². The first-order valence-electron chi connectivity index (χ1n) is 7.29. The van der Waals surface area contributed by atoms with Crippen LogP contribution < -0.4 is 5.32 Å². The molecule has 0 rings (SSSR count). The van der Waals surface area contributed by atoms with Crippen molar-refractivity contribution in [3.05, 3.63) is 0 Å². The third kappa shape index (κ3) is 8.31. The average Bonchev–Trinajstić information content (AvgIpc) is 2.22. The van der Waals surface area contributed by atoms with Gasteiger partial charge in [0, 0.05) is 17.9 Å². The van der Waals surface area contributed by atoms with Crippen LogP contribution in [0.4, 0.5) is 0 Å². The Morgan fingerprint density at radius 2 is 1.55 bits per heavy atom. The lowest BCUT2D eigenvalue weighted by molar-refractivity contribution is -0.132.